The van der Waals surface area contributed by atoms with Gasteiger partial charge in [0.1, 0.15) is 5.75 Å². The summed E-state index contributed by atoms with van der Waals surface area (Å²) in [5.41, 5.74) is 1.88. The molecular weight excluding hydrogens is 386 g/mol. The maximum absolute atomic E-state index is 13.4. The topological polar surface area (TPSA) is 41.6 Å². The lowest BCUT2D eigenvalue weighted by Crippen LogP contribution is -2.45. The number of carbonyl (C=O) groups excluding carboxylic acids is 1. The van der Waals surface area contributed by atoms with Crippen LogP contribution < -0.4 is 10.1 Å². The van der Waals surface area contributed by atoms with Crippen LogP contribution in [-0.4, -0.2) is 36.5 Å². The maximum atomic E-state index is 13.4. The van der Waals surface area contributed by atoms with Gasteiger partial charge in [-0.1, -0.05) is 38.1 Å². The summed E-state index contributed by atoms with van der Waals surface area (Å²) >= 11 is 0. The van der Waals surface area contributed by atoms with Gasteiger partial charge in [0, 0.05) is 25.7 Å². The van der Waals surface area contributed by atoms with E-state index in [1.807, 2.05) is 24.3 Å². The standard InChI is InChI=1S/C24H30F2N2O2/c1-3-17(2)20-6-4-5-7-23(20)30-16-24(29)27-19-10-12-28(13-11-19)15-18-8-9-21(25)22(26)14-18/h4-9,14,17,19H,3,10-13,15-16H2,1-2H3,(H,27,29). The number of halogens is 2. The van der Waals surface area contributed by atoms with E-state index in [0.29, 0.717) is 12.5 Å². The van der Waals surface area contributed by atoms with Crippen LogP contribution in [-0.2, 0) is 11.3 Å². The molecule has 0 saturated carbocycles. The van der Waals surface area contributed by atoms with E-state index < -0.39 is 11.6 Å². The van der Waals surface area contributed by atoms with Gasteiger partial charge in [-0.25, -0.2) is 8.78 Å². The zero-order valence-electron chi connectivity index (χ0n) is 17.7. The molecule has 0 bridgehead atoms. The molecule has 1 amide bonds. The molecule has 6 heteroatoms. The molecule has 1 N–H and O–H groups in total. The van der Waals surface area contributed by atoms with Gasteiger partial charge in [-0.15, -0.1) is 0 Å². The van der Waals surface area contributed by atoms with Crippen molar-refractivity contribution in [3.05, 3.63) is 65.2 Å². The molecule has 0 aromatic heterocycles. The minimum Gasteiger partial charge on any atom is -0.483 e. The summed E-state index contributed by atoms with van der Waals surface area (Å²) in [4.78, 5) is 14.5. The quantitative estimate of drug-likeness (QED) is 0.682. The minimum absolute atomic E-state index is 0.00250. The molecule has 2 aromatic carbocycles. The van der Waals surface area contributed by atoms with E-state index in [-0.39, 0.29) is 18.6 Å². The molecule has 1 unspecified atom stereocenters. The number of ether oxygens (including phenoxy) is 1. The molecule has 1 saturated heterocycles. The van der Waals surface area contributed by atoms with Crippen molar-refractivity contribution in [3.63, 3.8) is 0 Å². The van der Waals surface area contributed by atoms with Crippen molar-refractivity contribution in [2.75, 3.05) is 19.7 Å². The minimum atomic E-state index is -0.825. The van der Waals surface area contributed by atoms with Crippen LogP contribution in [0.1, 0.15) is 50.2 Å². The summed E-state index contributed by atoms with van der Waals surface area (Å²) in [7, 11) is 0. The Hall–Kier alpha value is -2.47. The molecule has 2 aromatic rings. The lowest BCUT2D eigenvalue weighted by molar-refractivity contribution is -0.124. The van der Waals surface area contributed by atoms with Crippen LogP contribution >= 0.6 is 0 Å². The second-order valence-electron chi connectivity index (χ2n) is 8.00. The van der Waals surface area contributed by atoms with Crippen LogP contribution in [0.4, 0.5) is 8.78 Å². The molecule has 3 rings (SSSR count). The molecule has 30 heavy (non-hydrogen) atoms. The predicted octanol–water partition coefficient (Wildman–Crippen LogP) is 4.64. The summed E-state index contributed by atoms with van der Waals surface area (Å²) in [6, 6.07) is 12.0. The lowest BCUT2D eigenvalue weighted by atomic mass is 9.98. The number of hydrogen-bond acceptors (Lipinski definition) is 3. The number of carbonyl (C=O) groups is 1. The molecule has 0 spiro atoms. The van der Waals surface area contributed by atoms with Crippen molar-refractivity contribution in [1.29, 1.82) is 0 Å². The van der Waals surface area contributed by atoms with E-state index >= 15 is 0 Å². The fourth-order valence-corrected chi connectivity index (χ4v) is 3.78. The summed E-state index contributed by atoms with van der Waals surface area (Å²) in [6.07, 6.45) is 2.65. The van der Waals surface area contributed by atoms with E-state index in [9.17, 15) is 13.6 Å². The van der Waals surface area contributed by atoms with Crippen LogP contribution in [0.2, 0.25) is 0 Å². The number of rotatable bonds is 8. The highest BCUT2D eigenvalue weighted by atomic mass is 19.2. The monoisotopic (exact) mass is 416 g/mol. The van der Waals surface area contributed by atoms with Crippen LogP contribution in [0, 0.1) is 11.6 Å². The number of nitrogens with zero attached hydrogens (tertiary/aromatic N) is 1. The molecule has 162 valence electrons. The Kier molecular flexibility index (Phi) is 7.80. The van der Waals surface area contributed by atoms with Crippen molar-refractivity contribution in [3.8, 4) is 5.75 Å². The maximum Gasteiger partial charge on any atom is 0.258 e. The van der Waals surface area contributed by atoms with Crippen LogP contribution in [0.5, 0.6) is 5.75 Å². The number of amides is 1. The van der Waals surface area contributed by atoms with E-state index in [4.69, 9.17) is 4.74 Å². The molecule has 1 fully saturated rings. The Bertz CT molecular complexity index is 851. The Morgan fingerprint density at radius 1 is 1.17 bits per heavy atom. The van der Waals surface area contributed by atoms with Gasteiger partial charge in [0.15, 0.2) is 18.2 Å². The van der Waals surface area contributed by atoms with Gasteiger partial charge in [-0.3, -0.25) is 9.69 Å². The van der Waals surface area contributed by atoms with Crippen molar-refractivity contribution < 1.29 is 18.3 Å². The van der Waals surface area contributed by atoms with Gasteiger partial charge in [0.2, 0.25) is 0 Å². The fourth-order valence-electron chi connectivity index (χ4n) is 3.78. The molecule has 1 atom stereocenters. The number of hydrogen-bond donors (Lipinski definition) is 1. The third-order valence-electron chi connectivity index (χ3n) is 5.76. The van der Waals surface area contributed by atoms with E-state index in [0.717, 1.165) is 55.3 Å². The number of benzene rings is 2. The van der Waals surface area contributed by atoms with Gasteiger partial charge in [0.25, 0.3) is 5.91 Å². The second kappa shape index (κ2) is 10.5. The first kappa shape index (κ1) is 22.2. The average Bonchev–Trinajstić information content (AvgIpc) is 2.76. The third kappa shape index (κ3) is 6.02. The zero-order chi connectivity index (χ0) is 21.5. The third-order valence-corrected chi connectivity index (χ3v) is 5.76. The first-order chi connectivity index (χ1) is 14.5. The van der Waals surface area contributed by atoms with E-state index in [2.05, 4.69) is 24.1 Å². The molecule has 0 aliphatic carbocycles. The second-order valence-corrected chi connectivity index (χ2v) is 8.00. The van der Waals surface area contributed by atoms with E-state index in [1.165, 1.54) is 6.07 Å². The van der Waals surface area contributed by atoms with Crippen molar-refractivity contribution >= 4 is 5.91 Å². The zero-order valence-corrected chi connectivity index (χ0v) is 17.7. The number of likely N-dealkylation sites (tertiary alicyclic amines) is 1. The highest BCUT2D eigenvalue weighted by Gasteiger charge is 2.21. The van der Waals surface area contributed by atoms with Gasteiger partial charge in [0.05, 0.1) is 0 Å². The molecule has 1 aliphatic heterocycles. The summed E-state index contributed by atoms with van der Waals surface area (Å²) in [5, 5.41) is 3.05. The Balaban J connectivity index is 1.43. The number of piperidine rings is 1. The van der Waals surface area contributed by atoms with Crippen molar-refractivity contribution in [2.24, 2.45) is 0 Å². The van der Waals surface area contributed by atoms with Crippen LogP contribution in [0.25, 0.3) is 0 Å². The van der Waals surface area contributed by atoms with Crippen LogP contribution in [0.15, 0.2) is 42.5 Å². The van der Waals surface area contributed by atoms with Crippen molar-refractivity contribution in [1.82, 2.24) is 10.2 Å². The van der Waals surface area contributed by atoms with Gasteiger partial charge in [-0.2, -0.15) is 0 Å². The first-order valence-electron chi connectivity index (χ1n) is 10.6. The van der Waals surface area contributed by atoms with E-state index in [1.54, 1.807) is 6.07 Å². The number of para-hydroxylation sites is 1. The van der Waals surface area contributed by atoms with Crippen molar-refractivity contribution in [2.45, 2.75) is 51.6 Å². The number of nitrogens with one attached hydrogen (secondary N) is 1. The lowest BCUT2D eigenvalue weighted by Gasteiger charge is -2.32. The van der Waals surface area contributed by atoms with Gasteiger partial charge < -0.3 is 10.1 Å². The smallest absolute Gasteiger partial charge is 0.258 e. The largest absolute Gasteiger partial charge is 0.483 e. The summed E-state index contributed by atoms with van der Waals surface area (Å²) in [5.74, 6) is -0.613. The normalized spacial score (nSPS) is 16.3. The van der Waals surface area contributed by atoms with Gasteiger partial charge >= 0.3 is 0 Å². The van der Waals surface area contributed by atoms with Crippen LogP contribution in [0.3, 0.4) is 0 Å². The van der Waals surface area contributed by atoms with Gasteiger partial charge in [-0.05, 0) is 54.5 Å². The molecule has 1 heterocycles. The predicted molar refractivity (Wildman–Crippen MR) is 113 cm³/mol. The highest BCUT2D eigenvalue weighted by molar-refractivity contribution is 5.77. The molecule has 0 radical (unpaired) electrons. The molecule has 1 aliphatic rings. The first-order valence-corrected chi connectivity index (χ1v) is 10.6. The fraction of sp³-hybridized carbons (Fsp3) is 0.458. The summed E-state index contributed by atoms with van der Waals surface area (Å²) < 4.78 is 32.2. The Morgan fingerprint density at radius 3 is 2.60 bits per heavy atom. The Morgan fingerprint density at radius 2 is 1.90 bits per heavy atom. The Labute approximate surface area is 177 Å². The SMILES string of the molecule is CCC(C)c1ccccc1OCC(=O)NC1CCN(Cc2ccc(F)c(F)c2)CC1. The summed E-state index contributed by atoms with van der Waals surface area (Å²) in [6.45, 7) is 6.45. The average molecular weight is 417 g/mol. The molecular formula is C24H30F2N2O2. The molecule has 4 nitrogen and oxygen atoms in total. The highest BCUT2D eigenvalue weighted by Crippen LogP contribution is 2.28.